The maximum absolute atomic E-state index is 12.3. The van der Waals surface area contributed by atoms with E-state index >= 15 is 0 Å². The highest BCUT2D eigenvalue weighted by atomic mass is 16.1. The van der Waals surface area contributed by atoms with Crippen LogP contribution in [0.1, 0.15) is 66.8 Å². The van der Waals surface area contributed by atoms with Crippen LogP contribution in [0.3, 0.4) is 0 Å². The molecule has 0 saturated heterocycles. The number of unbranched alkanes of at least 4 members (excludes halogenated alkanes) is 1. The first kappa shape index (κ1) is 18.9. The first-order chi connectivity index (χ1) is 11.9. The van der Waals surface area contributed by atoms with Gasteiger partial charge in [-0.05, 0) is 43.4 Å². The second-order valence-electron chi connectivity index (χ2n) is 6.65. The molecule has 5 nitrogen and oxygen atoms in total. The van der Waals surface area contributed by atoms with Crippen molar-refractivity contribution in [2.24, 2.45) is 0 Å². The number of para-hydroxylation sites is 1. The van der Waals surface area contributed by atoms with Gasteiger partial charge in [-0.2, -0.15) is 0 Å². The van der Waals surface area contributed by atoms with Crippen molar-refractivity contribution in [3.05, 3.63) is 46.8 Å². The Morgan fingerprint density at radius 2 is 1.96 bits per heavy atom. The van der Waals surface area contributed by atoms with E-state index in [0.717, 1.165) is 29.8 Å². The molecule has 0 atom stereocenters. The van der Waals surface area contributed by atoms with Gasteiger partial charge in [0.1, 0.15) is 5.69 Å². The summed E-state index contributed by atoms with van der Waals surface area (Å²) in [6, 6.07) is 7.93. The number of aromatic nitrogens is 2. The van der Waals surface area contributed by atoms with E-state index in [2.05, 4.69) is 66.5 Å². The predicted octanol–water partition coefficient (Wildman–Crippen LogP) is 4.49. The molecule has 134 valence electrons. The molecule has 5 heteroatoms. The van der Waals surface area contributed by atoms with Crippen molar-refractivity contribution in [1.82, 2.24) is 15.3 Å². The van der Waals surface area contributed by atoms with Crippen LogP contribution in [0.15, 0.2) is 24.3 Å². The normalized spacial score (nSPS) is 10.8. The first-order valence-electron chi connectivity index (χ1n) is 8.92. The molecular formula is C20H28N4O. The van der Waals surface area contributed by atoms with Crippen molar-refractivity contribution in [3.8, 4) is 0 Å². The molecule has 1 amide bonds. The molecule has 0 aliphatic carbocycles. The molecule has 2 N–H and O–H groups in total. The van der Waals surface area contributed by atoms with E-state index in [1.54, 1.807) is 6.07 Å². The number of hydrogen-bond donors (Lipinski definition) is 2. The lowest BCUT2D eigenvalue weighted by atomic mass is 9.98. The molecule has 1 aromatic heterocycles. The van der Waals surface area contributed by atoms with E-state index in [0.29, 0.717) is 24.1 Å². The fourth-order valence-corrected chi connectivity index (χ4v) is 2.66. The summed E-state index contributed by atoms with van der Waals surface area (Å²) in [5, 5.41) is 6.23. The molecule has 0 spiro atoms. The third-order valence-electron chi connectivity index (χ3n) is 4.07. The Hall–Kier alpha value is -2.43. The average molecular weight is 340 g/mol. The average Bonchev–Trinajstić information content (AvgIpc) is 2.56. The SMILES string of the molecule is CCCCNC(=O)c1cc(C)nc(Nc2c(C)cccc2C(C)C)n1. The van der Waals surface area contributed by atoms with E-state index < -0.39 is 0 Å². The molecule has 1 aromatic carbocycles. The van der Waals surface area contributed by atoms with E-state index in [1.165, 1.54) is 5.56 Å². The van der Waals surface area contributed by atoms with Gasteiger partial charge in [-0.15, -0.1) is 0 Å². The number of benzene rings is 1. The first-order valence-corrected chi connectivity index (χ1v) is 8.92. The van der Waals surface area contributed by atoms with Gasteiger partial charge in [-0.1, -0.05) is 45.4 Å². The third-order valence-corrected chi connectivity index (χ3v) is 4.07. The second kappa shape index (κ2) is 8.60. The quantitative estimate of drug-likeness (QED) is 0.729. The second-order valence-corrected chi connectivity index (χ2v) is 6.65. The fourth-order valence-electron chi connectivity index (χ4n) is 2.66. The molecule has 2 aromatic rings. The molecular weight excluding hydrogens is 312 g/mol. The van der Waals surface area contributed by atoms with Gasteiger partial charge in [-0.25, -0.2) is 9.97 Å². The Balaban J connectivity index is 2.28. The van der Waals surface area contributed by atoms with Gasteiger partial charge in [0.05, 0.1) is 0 Å². The molecule has 2 rings (SSSR count). The minimum atomic E-state index is -0.157. The fraction of sp³-hybridized carbons (Fsp3) is 0.450. The highest BCUT2D eigenvalue weighted by molar-refractivity contribution is 5.92. The zero-order valence-corrected chi connectivity index (χ0v) is 15.8. The monoisotopic (exact) mass is 340 g/mol. The van der Waals surface area contributed by atoms with Gasteiger partial charge in [0, 0.05) is 17.9 Å². The van der Waals surface area contributed by atoms with Gasteiger partial charge in [0.15, 0.2) is 0 Å². The van der Waals surface area contributed by atoms with E-state index in [9.17, 15) is 4.79 Å². The summed E-state index contributed by atoms with van der Waals surface area (Å²) < 4.78 is 0. The van der Waals surface area contributed by atoms with Crippen LogP contribution < -0.4 is 10.6 Å². The minimum absolute atomic E-state index is 0.157. The number of hydrogen-bond acceptors (Lipinski definition) is 4. The molecule has 0 unspecified atom stereocenters. The maximum atomic E-state index is 12.3. The van der Waals surface area contributed by atoms with Crippen molar-refractivity contribution in [3.63, 3.8) is 0 Å². The summed E-state index contributed by atoms with van der Waals surface area (Å²) in [5.74, 6) is 0.678. The lowest BCUT2D eigenvalue weighted by Crippen LogP contribution is -2.25. The number of nitrogens with one attached hydrogen (secondary N) is 2. The Kier molecular flexibility index (Phi) is 6.51. The van der Waals surface area contributed by atoms with Gasteiger partial charge in [0.25, 0.3) is 5.91 Å². The predicted molar refractivity (Wildman–Crippen MR) is 103 cm³/mol. The number of carbonyl (C=O) groups is 1. The summed E-state index contributed by atoms with van der Waals surface area (Å²) in [7, 11) is 0. The number of anilines is 2. The van der Waals surface area contributed by atoms with Crippen LogP contribution in [0, 0.1) is 13.8 Å². The van der Waals surface area contributed by atoms with E-state index in [4.69, 9.17) is 0 Å². The number of amides is 1. The van der Waals surface area contributed by atoms with Crippen LogP contribution in [-0.2, 0) is 0 Å². The lowest BCUT2D eigenvalue weighted by Gasteiger charge is -2.17. The van der Waals surface area contributed by atoms with Crippen LogP contribution in [0.25, 0.3) is 0 Å². The summed E-state index contributed by atoms with van der Waals surface area (Å²) in [6.45, 7) is 11.0. The van der Waals surface area contributed by atoms with Crippen LogP contribution in [0.2, 0.25) is 0 Å². The number of nitrogens with zero attached hydrogens (tertiary/aromatic N) is 2. The smallest absolute Gasteiger partial charge is 0.270 e. The third kappa shape index (κ3) is 5.02. The van der Waals surface area contributed by atoms with Crippen molar-refractivity contribution < 1.29 is 4.79 Å². The Bertz CT molecular complexity index is 740. The molecule has 25 heavy (non-hydrogen) atoms. The lowest BCUT2D eigenvalue weighted by molar-refractivity contribution is 0.0948. The van der Waals surface area contributed by atoms with Gasteiger partial charge in [0.2, 0.25) is 5.95 Å². The molecule has 0 aliphatic heterocycles. The minimum Gasteiger partial charge on any atom is -0.351 e. The topological polar surface area (TPSA) is 66.9 Å². The van der Waals surface area contributed by atoms with Gasteiger partial charge >= 0.3 is 0 Å². The van der Waals surface area contributed by atoms with Crippen LogP contribution >= 0.6 is 0 Å². The standard InChI is InChI=1S/C20H28N4O/c1-6-7-11-21-19(25)17-12-15(5)22-20(23-17)24-18-14(4)9-8-10-16(18)13(2)3/h8-10,12-13H,6-7,11H2,1-5H3,(H,21,25)(H,22,23,24). The molecule has 1 heterocycles. The molecule has 0 aliphatic rings. The van der Waals surface area contributed by atoms with Crippen molar-refractivity contribution in [2.45, 2.75) is 53.4 Å². The van der Waals surface area contributed by atoms with Crippen molar-refractivity contribution in [2.75, 3.05) is 11.9 Å². The summed E-state index contributed by atoms with van der Waals surface area (Å²) in [4.78, 5) is 21.2. The molecule has 0 saturated carbocycles. The number of aryl methyl sites for hydroxylation is 2. The van der Waals surface area contributed by atoms with Crippen LogP contribution in [-0.4, -0.2) is 22.4 Å². The maximum Gasteiger partial charge on any atom is 0.270 e. The Morgan fingerprint density at radius 1 is 1.20 bits per heavy atom. The van der Waals surface area contributed by atoms with Gasteiger partial charge in [-0.3, -0.25) is 4.79 Å². The highest BCUT2D eigenvalue weighted by Gasteiger charge is 2.13. The van der Waals surface area contributed by atoms with E-state index in [-0.39, 0.29) is 5.91 Å². The molecule has 0 radical (unpaired) electrons. The summed E-state index contributed by atoms with van der Waals surface area (Å²) >= 11 is 0. The molecule has 0 fully saturated rings. The number of carbonyl (C=O) groups excluding carboxylic acids is 1. The zero-order chi connectivity index (χ0) is 18.4. The van der Waals surface area contributed by atoms with Crippen molar-refractivity contribution >= 4 is 17.5 Å². The van der Waals surface area contributed by atoms with Crippen LogP contribution in [0.5, 0.6) is 0 Å². The van der Waals surface area contributed by atoms with Gasteiger partial charge < -0.3 is 10.6 Å². The summed E-state index contributed by atoms with van der Waals surface area (Å²) in [5.41, 5.74) is 4.51. The largest absolute Gasteiger partial charge is 0.351 e. The number of rotatable bonds is 7. The Labute approximate surface area is 150 Å². The highest BCUT2D eigenvalue weighted by Crippen LogP contribution is 2.29. The Morgan fingerprint density at radius 3 is 2.64 bits per heavy atom. The van der Waals surface area contributed by atoms with Crippen molar-refractivity contribution in [1.29, 1.82) is 0 Å². The van der Waals surface area contributed by atoms with E-state index in [1.807, 2.05) is 6.92 Å². The summed E-state index contributed by atoms with van der Waals surface area (Å²) in [6.07, 6.45) is 2.00. The zero-order valence-electron chi connectivity index (χ0n) is 15.8. The molecule has 0 bridgehead atoms. The van der Waals surface area contributed by atoms with Crippen LogP contribution in [0.4, 0.5) is 11.6 Å².